The monoisotopic (exact) mass is 585 g/mol. The fraction of sp³-hybridized carbons (Fsp3) is 0.143. The number of para-hydroxylation sites is 2. The molecule has 220 valence electrons. The van der Waals surface area contributed by atoms with E-state index in [0.717, 1.165) is 4.90 Å². The molecule has 9 heteroatoms. The predicted octanol–water partition coefficient (Wildman–Crippen LogP) is 7.35. The van der Waals surface area contributed by atoms with Crippen molar-refractivity contribution in [1.82, 2.24) is 9.88 Å². The van der Waals surface area contributed by atoms with Crippen LogP contribution in [0.5, 0.6) is 11.5 Å². The van der Waals surface area contributed by atoms with Gasteiger partial charge in [0, 0.05) is 11.4 Å². The van der Waals surface area contributed by atoms with Crippen molar-refractivity contribution in [2.75, 3.05) is 23.7 Å². The van der Waals surface area contributed by atoms with Gasteiger partial charge in [-0.05, 0) is 71.5 Å². The molecule has 0 aliphatic heterocycles. The number of fused-ring (bicyclic) bond motifs is 1. The topological polar surface area (TPSA) is 108 Å². The zero-order chi connectivity index (χ0) is 31.1. The van der Waals surface area contributed by atoms with Gasteiger partial charge in [-0.25, -0.2) is 4.85 Å². The van der Waals surface area contributed by atoms with Gasteiger partial charge < -0.3 is 25.3 Å². The number of hydrogen-bond acceptors (Lipinski definition) is 4. The van der Waals surface area contributed by atoms with Crippen LogP contribution in [0.4, 0.5) is 17.1 Å². The van der Waals surface area contributed by atoms with Crippen LogP contribution >= 0.6 is 0 Å². The number of anilines is 2. The Balaban J connectivity index is 1.28. The first-order valence-corrected chi connectivity index (χ1v) is 14.1. The van der Waals surface area contributed by atoms with Crippen LogP contribution in [0.3, 0.4) is 0 Å². The largest absolute Gasteiger partial charge is 0.457 e. The summed E-state index contributed by atoms with van der Waals surface area (Å²) in [7, 11) is 0. The third-order valence-electron chi connectivity index (χ3n) is 6.92. The molecule has 44 heavy (non-hydrogen) atoms. The molecule has 0 radical (unpaired) electrons. The maximum absolute atomic E-state index is 13.6. The number of aromatic nitrogens is 1. The van der Waals surface area contributed by atoms with E-state index in [-0.39, 0.29) is 18.8 Å². The maximum atomic E-state index is 13.6. The lowest BCUT2D eigenvalue weighted by atomic mass is 10.0. The van der Waals surface area contributed by atoms with Gasteiger partial charge >= 0.3 is 0 Å². The predicted molar refractivity (Wildman–Crippen MR) is 171 cm³/mol. The third kappa shape index (κ3) is 7.30. The summed E-state index contributed by atoms with van der Waals surface area (Å²) in [5.74, 6) is 0.237. The molecule has 1 heterocycles. The van der Waals surface area contributed by atoms with E-state index in [1.807, 2.05) is 30.3 Å². The molecular formula is C35H31N5O4. The van der Waals surface area contributed by atoms with E-state index >= 15 is 0 Å². The highest BCUT2D eigenvalue weighted by atomic mass is 16.5. The second-order valence-corrected chi connectivity index (χ2v) is 10.5. The van der Waals surface area contributed by atoms with Gasteiger partial charge in [-0.2, -0.15) is 0 Å². The molecule has 0 aliphatic rings. The van der Waals surface area contributed by atoms with Gasteiger partial charge in [-0.15, -0.1) is 0 Å². The Morgan fingerprint density at radius 3 is 1.98 bits per heavy atom. The van der Waals surface area contributed by atoms with Gasteiger partial charge in [0.2, 0.25) is 17.5 Å². The number of carbonyl (C=O) groups excluding carboxylic acids is 3. The number of nitrogens with zero attached hydrogens (tertiary/aromatic N) is 2. The second kappa shape index (κ2) is 13.4. The fourth-order valence-electron chi connectivity index (χ4n) is 4.65. The van der Waals surface area contributed by atoms with Gasteiger partial charge in [0.05, 0.1) is 12.1 Å². The quantitative estimate of drug-likeness (QED) is 0.149. The average molecular weight is 586 g/mol. The minimum atomic E-state index is -0.553. The minimum Gasteiger partial charge on any atom is -0.457 e. The summed E-state index contributed by atoms with van der Waals surface area (Å²) in [6.45, 7) is 10.9. The normalized spacial score (nSPS) is 10.7. The van der Waals surface area contributed by atoms with Crippen molar-refractivity contribution >= 4 is 45.7 Å². The molecule has 0 fully saturated rings. The first-order chi connectivity index (χ1) is 21.3. The molecule has 0 aliphatic carbocycles. The van der Waals surface area contributed by atoms with Crippen LogP contribution in [-0.4, -0.2) is 40.7 Å². The molecule has 0 spiro atoms. The molecule has 0 saturated heterocycles. The van der Waals surface area contributed by atoms with E-state index in [1.165, 1.54) is 5.56 Å². The first kappa shape index (κ1) is 29.6. The average Bonchev–Trinajstić information content (AvgIpc) is 3.47. The Bertz CT molecular complexity index is 1820. The van der Waals surface area contributed by atoms with Crippen LogP contribution in [0, 0.1) is 6.57 Å². The highest BCUT2D eigenvalue weighted by molar-refractivity contribution is 6.05. The third-order valence-corrected chi connectivity index (χ3v) is 6.92. The molecule has 9 nitrogen and oxygen atoms in total. The lowest BCUT2D eigenvalue weighted by Crippen LogP contribution is -2.42. The van der Waals surface area contributed by atoms with Crippen LogP contribution in [0.1, 0.15) is 35.8 Å². The lowest BCUT2D eigenvalue weighted by molar-refractivity contribution is -0.119. The number of rotatable bonds is 10. The van der Waals surface area contributed by atoms with E-state index < -0.39 is 17.7 Å². The molecule has 5 rings (SSSR count). The van der Waals surface area contributed by atoms with Crippen LogP contribution in [0.2, 0.25) is 0 Å². The van der Waals surface area contributed by atoms with Crippen molar-refractivity contribution in [3.8, 4) is 11.5 Å². The Labute approximate surface area is 255 Å². The van der Waals surface area contributed by atoms with E-state index in [2.05, 4.69) is 34.3 Å². The zero-order valence-corrected chi connectivity index (χ0v) is 24.3. The van der Waals surface area contributed by atoms with E-state index in [1.54, 1.807) is 72.8 Å². The van der Waals surface area contributed by atoms with Crippen molar-refractivity contribution in [3.05, 3.63) is 126 Å². The van der Waals surface area contributed by atoms with Crippen LogP contribution in [0.15, 0.2) is 103 Å². The molecule has 5 aromatic rings. The van der Waals surface area contributed by atoms with Crippen molar-refractivity contribution in [1.29, 1.82) is 0 Å². The Morgan fingerprint density at radius 1 is 0.795 bits per heavy atom. The SMILES string of the molecule is [C-]#[N+]c1cccc2cc(C(=O)N(CC(=O)Nc3ccccc3)CC(=O)Nc3ccc(Oc4ccc(C(C)C)cc4)cc3)[nH]c12. The van der Waals surface area contributed by atoms with E-state index in [4.69, 9.17) is 11.3 Å². The minimum absolute atomic E-state index is 0.166. The molecule has 0 atom stereocenters. The summed E-state index contributed by atoms with van der Waals surface area (Å²) in [6.07, 6.45) is 0. The summed E-state index contributed by atoms with van der Waals surface area (Å²) in [5, 5.41) is 6.22. The fourth-order valence-corrected chi connectivity index (χ4v) is 4.65. The van der Waals surface area contributed by atoms with Crippen molar-refractivity contribution in [2.24, 2.45) is 0 Å². The van der Waals surface area contributed by atoms with Crippen molar-refractivity contribution < 1.29 is 19.1 Å². The molecule has 3 N–H and O–H groups in total. The second-order valence-electron chi connectivity index (χ2n) is 10.5. The standard InChI is InChI=1S/C35H31N5O4/c1-23(2)24-12-16-28(17-13-24)44-29-18-14-27(15-19-29)38-33(42)22-40(21-32(41)37-26-9-5-4-6-10-26)35(43)31-20-25-8-7-11-30(36-3)34(25)39-31/h4-20,23,39H,21-22H2,1-2H3,(H,37,41)(H,38,42). The number of benzene rings is 4. The van der Waals surface area contributed by atoms with E-state index in [9.17, 15) is 14.4 Å². The molecule has 0 bridgehead atoms. The van der Waals surface area contributed by atoms with Gasteiger partial charge in [0.1, 0.15) is 30.3 Å². The zero-order valence-electron chi connectivity index (χ0n) is 24.3. The Kier molecular flexibility index (Phi) is 9.02. The van der Waals surface area contributed by atoms with Gasteiger partial charge in [0.25, 0.3) is 5.91 Å². The summed E-state index contributed by atoms with van der Waals surface area (Å²) < 4.78 is 5.92. The highest BCUT2D eigenvalue weighted by Gasteiger charge is 2.24. The molecule has 1 aromatic heterocycles. The Hall–Kier alpha value is -5.88. The summed E-state index contributed by atoms with van der Waals surface area (Å²) >= 11 is 0. The Morgan fingerprint density at radius 2 is 1.39 bits per heavy atom. The summed E-state index contributed by atoms with van der Waals surface area (Å²) in [5.41, 5.74) is 3.35. The number of nitrogens with one attached hydrogen (secondary N) is 3. The number of hydrogen-bond donors (Lipinski definition) is 3. The molecule has 3 amide bonds. The maximum Gasteiger partial charge on any atom is 0.271 e. The number of carbonyl (C=O) groups is 3. The smallest absolute Gasteiger partial charge is 0.271 e. The summed E-state index contributed by atoms with van der Waals surface area (Å²) in [6, 6.07) is 30.4. The molecule has 0 unspecified atom stereocenters. The molecular weight excluding hydrogens is 554 g/mol. The van der Waals surface area contributed by atoms with Crippen LogP contribution in [-0.2, 0) is 9.59 Å². The van der Waals surface area contributed by atoms with Crippen LogP contribution in [0.25, 0.3) is 15.7 Å². The number of ether oxygens (including phenoxy) is 1. The van der Waals surface area contributed by atoms with Gasteiger partial charge in [0.15, 0.2) is 0 Å². The van der Waals surface area contributed by atoms with Crippen LogP contribution < -0.4 is 15.4 Å². The van der Waals surface area contributed by atoms with Crippen molar-refractivity contribution in [3.63, 3.8) is 0 Å². The van der Waals surface area contributed by atoms with E-state index in [0.29, 0.717) is 45.4 Å². The molecule has 4 aromatic carbocycles. The number of aromatic amines is 1. The highest BCUT2D eigenvalue weighted by Crippen LogP contribution is 2.27. The molecule has 0 saturated carbocycles. The van der Waals surface area contributed by atoms with Gasteiger partial charge in [-0.1, -0.05) is 62.4 Å². The van der Waals surface area contributed by atoms with Crippen molar-refractivity contribution in [2.45, 2.75) is 19.8 Å². The number of amides is 3. The van der Waals surface area contributed by atoms with Gasteiger partial charge in [-0.3, -0.25) is 14.4 Å². The first-order valence-electron chi connectivity index (χ1n) is 14.1. The lowest BCUT2D eigenvalue weighted by Gasteiger charge is -2.21. The number of H-pyrrole nitrogens is 1. The summed E-state index contributed by atoms with van der Waals surface area (Å²) in [4.78, 5) is 47.3.